The molecule has 0 bridgehead atoms. The summed E-state index contributed by atoms with van der Waals surface area (Å²) in [4.78, 5) is 11.0. The molecule has 1 heterocycles. The number of halogens is 2. The normalized spacial score (nSPS) is 19.4. The molecule has 0 spiro atoms. The lowest BCUT2D eigenvalue weighted by molar-refractivity contribution is -0.119. The van der Waals surface area contributed by atoms with Crippen LogP contribution in [0.3, 0.4) is 0 Å². The van der Waals surface area contributed by atoms with Crippen LogP contribution in [-0.4, -0.2) is 18.5 Å². The van der Waals surface area contributed by atoms with Crippen molar-refractivity contribution < 1.29 is 4.79 Å². The van der Waals surface area contributed by atoms with Crippen LogP contribution in [0.25, 0.3) is 0 Å². The summed E-state index contributed by atoms with van der Waals surface area (Å²) in [5.74, 6) is 0.141. The molecule has 1 unspecified atom stereocenters. The van der Waals surface area contributed by atoms with Crippen molar-refractivity contribution in [3.05, 3.63) is 33.8 Å². The van der Waals surface area contributed by atoms with Gasteiger partial charge in [0, 0.05) is 35.6 Å². The maximum absolute atomic E-state index is 11.0. The van der Waals surface area contributed by atoms with E-state index in [9.17, 15) is 4.79 Å². The second-order valence-corrected chi connectivity index (χ2v) is 5.08. The summed E-state index contributed by atoms with van der Waals surface area (Å²) in [5, 5.41) is 7.48. The monoisotopic (exact) mass is 272 g/mol. The fourth-order valence-corrected chi connectivity index (χ4v) is 2.51. The summed E-state index contributed by atoms with van der Waals surface area (Å²) in [7, 11) is 0. The van der Waals surface area contributed by atoms with E-state index in [4.69, 9.17) is 23.2 Å². The predicted octanol–water partition coefficient (Wildman–Crippen LogP) is 2.36. The SMILES string of the molecule is O=C1CCC(CNCc2cc(Cl)cc(Cl)c2)N1. The summed E-state index contributed by atoms with van der Waals surface area (Å²) >= 11 is 11.8. The van der Waals surface area contributed by atoms with Gasteiger partial charge >= 0.3 is 0 Å². The zero-order valence-electron chi connectivity index (χ0n) is 9.30. The van der Waals surface area contributed by atoms with E-state index in [0.29, 0.717) is 23.0 Å². The van der Waals surface area contributed by atoms with Crippen LogP contribution in [0, 0.1) is 0 Å². The van der Waals surface area contributed by atoms with E-state index in [0.717, 1.165) is 18.5 Å². The van der Waals surface area contributed by atoms with Crippen LogP contribution in [0.2, 0.25) is 10.0 Å². The van der Waals surface area contributed by atoms with E-state index in [1.54, 1.807) is 6.07 Å². The smallest absolute Gasteiger partial charge is 0.220 e. The topological polar surface area (TPSA) is 41.1 Å². The lowest BCUT2D eigenvalue weighted by Crippen LogP contribution is -2.35. The molecule has 1 fully saturated rings. The summed E-state index contributed by atoms with van der Waals surface area (Å²) in [6.45, 7) is 1.47. The molecule has 1 saturated heterocycles. The van der Waals surface area contributed by atoms with Crippen molar-refractivity contribution in [1.82, 2.24) is 10.6 Å². The minimum absolute atomic E-state index is 0.141. The molecule has 2 N–H and O–H groups in total. The van der Waals surface area contributed by atoms with E-state index in [1.165, 1.54) is 0 Å². The van der Waals surface area contributed by atoms with Crippen LogP contribution in [0.4, 0.5) is 0 Å². The number of hydrogen-bond donors (Lipinski definition) is 2. The fraction of sp³-hybridized carbons (Fsp3) is 0.417. The molecule has 1 aliphatic heterocycles. The molecule has 1 amide bonds. The molecular formula is C12H14Cl2N2O. The van der Waals surface area contributed by atoms with Crippen molar-refractivity contribution in [1.29, 1.82) is 0 Å². The van der Waals surface area contributed by atoms with E-state index in [-0.39, 0.29) is 11.9 Å². The molecule has 1 aliphatic rings. The molecule has 5 heteroatoms. The van der Waals surface area contributed by atoms with E-state index >= 15 is 0 Å². The first-order chi connectivity index (χ1) is 8.13. The maximum atomic E-state index is 11.0. The predicted molar refractivity (Wildman–Crippen MR) is 69.3 cm³/mol. The molecule has 0 aliphatic carbocycles. The van der Waals surface area contributed by atoms with Crippen molar-refractivity contribution in [3.8, 4) is 0 Å². The number of carbonyl (C=O) groups excluding carboxylic acids is 1. The standard InChI is InChI=1S/C12H14Cl2N2O/c13-9-3-8(4-10(14)5-9)6-15-7-11-1-2-12(17)16-11/h3-5,11,15H,1-2,6-7H2,(H,16,17). The Morgan fingerprint density at radius 3 is 2.59 bits per heavy atom. The zero-order chi connectivity index (χ0) is 12.3. The molecule has 1 aromatic rings. The lowest BCUT2D eigenvalue weighted by Gasteiger charge is -2.11. The van der Waals surface area contributed by atoms with Gasteiger partial charge in [0.15, 0.2) is 0 Å². The molecule has 92 valence electrons. The van der Waals surface area contributed by atoms with E-state index in [2.05, 4.69) is 10.6 Å². The Labute approximate surface area is 110 Å². The minimum atomic E-state index is 0.141. The summed E-state index contributed by atoms with van der Waals surface area (Å²) in [6, 6.07) is 5.72. The lowest BCUT2D eigenvalue weighted by atomic mass is 10.2. The molecule has 2 rings (SSSR count). The molecule has 0 saturated carbocycles. The van der Waals surface area contributed by atoms with Gasteiger partial charge in [-0.05, 0) is 30.2 Å². The first-order valence-electron chi connectivity index (χ1n) is 5.58. The van der Waals surface area contributed by atoms with Crippen LogP contribution < -0.4 is 10.6 Å². The van der Waals surface area contributed by atoms with Gasteiger partial charge in [0.05, 0.1) is 0 Å². The maximum Gasteiger partial charge on any atom is 0.220 e. The Bertz CT molecular complexity index is 403. The van der Waals surface area contributed by atoms with Crippen LogP contribution in [0.1, 0.15) is 18.4 Å². The Kier molecular flexibility index (Phi) is 4.26. The number of nitrogens with one attached hydrogen (secondary N) is 2. The average molecular weight is 273 g/mol. The van der Waals surface area contributed by atoms with Crippen LogP contribution in [-0.2, 0) is 11.3 Å². The summed E-state index contributed by atoms with van der Waals surface area (Å²) in [5.41, 5.74) is 1.05. The van der Waals surface area contributed by atoms with Gasteiger partial charge in [-0.1, -0.05) is 23.2 Å². The second-order valence-electron chi connectivity index (χ2n) is 4.21. The summed E-state index contributed by atoms with van der Waals surface area (Å²) < 4.78 is 0. The van der Waals surface area contributed by atoms with Gasteiger partial charge in [-0.25, -0.2) is 0 Å². The first-order valence-corrected chi connectivity index (χ1v) is 6.34. The van der Waals surface area contributed by atoms with Gasteiger partial charge < -0.3 is 10.6 Å². The number of hydrogen-bond acceptors (Lipinski definition) is 2. The molecular weight excluding hydrogens is 259 g/mol. The molecule has 0 radical (unpaired) electrons. The van der Waals surface area contributed by atoms with Gasteiger partial charge in [0.25, 0.3) is 0 Å². The number of amides is 1. The molecule has 0 aromatic heterocycles. The zero-order valence-corrected chi connectivity index (χ0v) is 10.8. The molecule has 17 heavy (non-hydrogen) atoms. The van der Waals surface area contributed by atoms with Gasteiger partial charge in [0.1, 0.15) is 0 Å². The molecule has 3 nitrogen and oxygen atoms in total. The first kappa shape index (κ1) is 12.7. The fourth-order valence-electron chi connectivity index (χ4n) is 1.93. The van der Waals surface area contributed by atoms with Crippen molar-refractivity contribution >= 4 is 29.1 Å². The van der Waals surface area contributed by atoms with Gasteiger partial charge in [0.2, 0.25) is 5.91 Å². The molecule has 1 aromatic carbocycles. The highest BCUT2D eigenvalue weighted by atomic mass is 35.5. The van der Waals surface area contributed by atoms with Crippen LogP contribution >= 0.6 is 23.2 Å². The Morgan fingerprint density at radius 2 is 2.00 bits per heavy atom. The van der Waals surface area contributed by atoms with Crippen LogP contribution in [0.5, 0.6) is 0 Å². The second kappa shape index (κ2) is 5.71. The van der Waals surface area contributed by atoms with Crippen molar-refractivity contribution in [2.24, 2.45) is 0 Å². The average Bonchev–Trinajstić information content (AvgIpc) is 2.63. The Hall–Kier alpha value is -0.770. The number of benzene rings is 1. The van der Waals surface area contributed by atoms with Crippen LogP contribution in [0.15, 0.2) is 18.2 Å². The van der Waals surface area contributed by atoms with Crippen molar-refractivity contribution in [2.45, 2.75) is 25.4 Å². The van der Waals surface area contributed by atoms with Gasteiger partial charge in [-0.15, -0.1) is 0 Å². The number of rotatable bonds is 4. The van der Waals surface area contributed by atoms with E-state index in [1.807, 2.05) is 12.1 Å². The van der Waals surface area contributed by atoms with E-state index < -0.39 is 0 Å². The Morgan fingerprint density at radius 1 is 1.29 bits per heavy atom. The van der Waals surface area contributed by atoms with Crippen molar-refractivity contribution in [3.63, 3.8) is 0 Å². The third-order valence-electron chi connectivity index (χ3n) is 2.73. The van der Waals surface area contributed by atoms with Gasteiger partial charge in [-0.2, -0.15) is 0 Å². The minimum Gasteiger partial charge on any atom is -0.352 e. The third-order valence-corrected chi connectivity index (χ3v) is 3.16. The highest BCUT2D eigenvalue weighted by Gasteiger charge is 2.19. The Balaban J connectivity index is 1.79. The van der Waals surface area contributed by atoms with Crippen molar-refractivity contribution in [2.75, 3.05) is 6.54 Å². The quantitative estimate of drug-likeness (QED) is 0.884. The highest BCUT2D eigenvalue weighted by molar-refractivity contribution is 6.34. The summed E-state index contributed by atoms with van der Waals surface area (Å²) in [6.07, 6.45) is 1.54. The molecule has 1 atom stereocenters. The number of carbonyl (C=O) groups is 1. The third kappa shape index (κ3) is 3.87. The highest BCUT2D eigenvalue weighted by Crippen LogP contribution is 2.18. The largest absolute Gasteiger partial charge is 0.352 e. The van der Waals surface area contributed by atoms with Gasteiger partial charge in [-0.3, -0.25) is 4.79 Å².